The average molecular weight is 360 g/mol. The molecule has 1 aromatic carbocycles. The Morgan fingerprint density at radius 2 is 1.81 bits per heavy atom. The van der Waals surface area contributed by atoms with Crippen LogP contribution in [0.5, 0.6) is 0 Å². The molecule has 26 heavy (non-hydrogen) atoms. The molecule has 0 saturated carbocycles. The van der Waals surface area contributed by atoms with Crippen molar-refractivity contribution in [2.45, 2.75) is 46.5 Å². The molecule has 1 saturated heterocycles. The molecule has 0 atom stereocenters. The predicted octanol–water partition coefficient (Wildman–Crippen LogP) is 3.62. The Morgan fingerprint density at radius 3 is 2.42 bits per heavy atom. The van der Waals surface area contributed by atoms with Crippen molar-refractivity contribution in [3.8, 4) is 0 Å². The molecule has 5 heteroatoms. The van der Waals surface area contributed by atoms with Crippen molar-refractivity contribution in [3.05, 3.63) is 29.8 Å². The van der Waals surface area contributed by atoms with E-state index in [9.17, 15) is 9.59 Å². The first-order chi connectivity index (χ1) is 12.5. The number of amides is 2. The van der Waals surface area contributed by atoms with Gasteiger partial charge in [-0.05, 0) is 49.8 Å². The Morgan fingerprint density at radius 1 is 1.15 bits per heavy atom. The van der Waals surface area contributed by atoms with Gasteiger partial charge in [-0.3, -0.25) is 9.59 Å². The van der Waals surface area contributed by atoms with E-state index in [1.807, 2.05) is 34.1 Å². The van der Waals surface area contributed by atoms with E-state index in [1.165, 1.54) is 0 Å². The third-order valence-electron chi connectivity index (χ3n) is 4.96. The number of likely N-dealkylation sites (tertiary alicyclic amines) is 1. The fourth-order valence-electron chi connectivity index (χ4n) is 3.35. The van der Waals surface area contributed by atoms with Crippen LogP contribution in [0.2, 0.25) is 0 Å². The number of hydrogen-bond donors (Lipinski definition) is 1. The van der Waals surface area contributed by atoms with Gasteiger partial charge in [-0.2, -0.15) is 0 Å². The van der Waals surface area contributed by atoms with Crippen molar-refractivity contribution >= 4 is 17.5 Å². The molecule has 1 N–H and O–H groups in total. The summed E-state index contributed by atoms with van der Waals surface area (Å²) in [6, 6.07) is 7.48. The summed E-state index contributed by atoms with van der Waals surface area (Å²) in [5.41, 5.74) is 1.50. The summed E-state index contributed by atoms with van der Waals surface area (Å²) in [6.07, 6.45) is 4.07. The van der Waals surface area contributed by atoms with Crippen LogP contribution in [0, 0.1) is 5.92 Å². The van der Waals surface area contributed by atoms with E-state index in [0.29, 0.717) is 11.5 Å². The fourth-order valence-corrected chi connectivity index (χ4v) is 3.35. The lowest BCUT2D eigenvalue weighted by molar-refractivity contribution is -0.130. The van der Waals surface area contributed by atoms with Gasteiger partial charge in [-0.15, -0.1) is 0 Å². The number of benzene rings is 1. The van der Waals surface area contributed by atoms with Crippen molar-refractivity contribution in [1.29, 1.82) is 0 Å². The molecule has 5 nitrogen and oxygen atoms in total. The minimum absolute atomic E-state index is 0.0636. The van der Waals surface area contributed by atoms with Crippen LogP contribution in [0.4, 0.5) is 5.69 Å². The first-order valence-corrected chi connectivity index (χ1v) is 9.96. The van der Waals surface area contributed by atoms with Crippen LogP contribution in [0.3, 0.4) is 0 Å². The summed E-state index contributed by atoms with van der Waals surface area (Å²) in [7, 11) is 0. The molecule has 1 aliphatic rings. The van der Waals surface area contributed by atoms with Crippen LogP contribution < -0.4 is 5.32 Å². The smallest absolute Gasteiger partial charge is 0.253 e. The zero-order chi connectivity index (χ0) is 18.9. The number of nitrogens with zero attached hydrogens (tertiary/aromatic N) is 2. The summed E-state index contributed by atoms with van der Waals surface area (Å²) >= 11 is 0. The van der Waals surface area contributed by atoms with Crippen LogP contribution in [0.15, 0.2) is 24.3 Å². The summed E-state index contributed by atoms with van der Waals surface area (Å²) in [6.45, 7) is 9.93. The van der Waals surface area contributed by atoms with Gasteiger partial charge in [-0.1, -0.05) is 26.8 Å². The minimum atomic E-state index is 0.0636. The molecule has 2 amide bonds. The third-order valence-corrected chi connectivity index (χ3v) is 4.96. The average Bonchev–Trinajstić information content (AvgIpc) is 2.66. The number of rotatable bonds is 8. The zero-order valence-corrected chi connectivity index (χ0v) is 16.5. The van der Waals surface area contributed by atoms with E-state index in [2.05, 4.69) is 26.1 Å². The lowest BCUT2D eigenvalue weighted by Gasteiger charge is -2.30. The van der Waals surface area contributed by atoms with Crippen LogP contribution in [-0.4, -0.2) is 54.3 Å². The third kappa shape index (κ3) is 5.75. The van der Waals surface area contributed by atoms with E-state index >= 15 is 0 Å². The Balaban J connectivity index is 1.93. The first kappa shape index (κ1) is 20.3. The lowest BCUT2D eigenvalue weighted by atomic mass is 9.99. The van der Waals surface area contributed by atoms with Gasteiger partial charge in [0, 0.05) is 37.4 Å². The van der Waals surface area contributed by atoms with Crippen molar-refractivity contribution in [1.82, 2.24) is 9.80 Å². The number of anilines is 1. The molecular formula is C21H33N3O2. The summed E-state index contributed by atoms with van der Waals surface area (Å²) in [5.74, 6) is 0.907. The van der Waals surface area contributed by atoms with Crippen molar-refractivity contribution in [2.75, 3.05) is 38.0 Å². The number of hydrogen-bond acceptors (Lipinski definition) is 3. The second-order valence-corrected chi connectivity index (χ2v) is 7.29. The highest BCUT2D eigenvalue weighted by Crippen LogP contribution is 2.17. The molecule has 0 aromatic heterocycles. The molecule has 0 spiro atoms. The SMILES string of the molecule is CCCN(CCC)C(=O)c1cccc(NCC(=O)N2CCC(C)CC2)c1. The Labute approximate surface area is 157 Å². The summed E-state index contributed by atoms with van der Waals surface area (Å²) in [4.78, 5) is 28.9. The second kappa shape index (κ2) is 10.2. The molecule has 0 aliphatic carbocycles. The van der Waals surface area contributed by atoms with Crippen molar-refractivity contribution in [3.63, 3.8) is 0 Å². The summed E-state index contributed by atoms with van der Waals surface area (Å²) in [5, 5.41) is 3.19. The Kier molecular flexibility index (Phi) is 7.95. The maximum absolute atomic E-state index is 12.7. The van der Waals surface area contributed by atoms with Gasteiger partial charge < -0.3 is 15.1 Å². The topological polar surface area (TPSA) is 52.7 Å². The fraction of sp³-hybridized carbons (Fsp3) is 0.619. The number of carbonyl (C=O) groups excluding carboxylic acids is 2. The number of nitrogens with one attached hydrogen (secondary N) is 1. The van der Waals surface area contributed by atoms with E-state index in [0.717, 1.165) is 57.5 Å². The molecule has 1 aliphatic heterocycles. The van der Waals surface area contributed by atoms with E-state index in [-0.39, 0.29) is 18.4 Å². The van der Waals surface area contributed by atoms with Gasteiger partial charge in [0.1, 0.15) is 0 Å². The number of carbonyl (C=O) groups is 2. The summed E-state index contributed by atoms with van der Waals surface area (Å²) < 4.78 is 0. The molecule has 1 fully saturated rings. The number of piperidine rings is 1. The maximum atomic E-state index is 12.7. The van der Waals surface area contributed by atoms with Crippen molar-refractivity contribution in [2.24, 2.45) is 5.92 Å². The maximum Gasteiger partial charge on any atom is 0.253 e. The molecule has 0 bridgehead atoms. The molecule has 2 rings (SSSR count). The normalized spacial score (nSPS) is 15.0. The van der Waals surface area contributed by atoms with Crippen LogP contribution in [-0.2, 0) is 4.79 Å². The Hall–Kier alpha value is -2.04. The predicted molar refractivity (Wildman–Crippen MR) is 106 cm³/mol. The molecule has 1 heterocycles. The van der Waals surface area contributed by atoms with Crippen LogP contribution in [0.1, 0.15) is 56.8 Å². The molecule has 0 unspecified atom stereocenters. The highest BCUT2D eigenvalue weighted by atomic mass is 16.2. The molecular weight excluding hydrogens is 326 g/mol. The largest absolute Gasteiger partial charge is 0.376 e. The lowest BCUT2D eigenvalue weighted by Crippen LogP contribution is -2.40. The quantitative estimate of drug-likeness (QED) is 0.771. The van der Waals surface area contributed by atoms with Gasteiger partial charge in [0.15, 0.2) is 0 Å². The van der Waals surface area contributed by atoms with Gasteiger partial charge in [0.05, 0.1) is 6.54 Å². The van der Waals surface area contributed by atoms with E-state index in [1.54, 1.807) is 0 Å². The van der Waals surface area contributed by atoms with Gasteiger partial charge in [0.2, 0.25) is 5.91 Å². The standard InChI is InChI=1S/C21H33N3O2/c1-4-11-24(12-5-2)21(26)18-7-6-8-19(15-18)22-16-20(25)23-13-9-17(3)10-14-23/h6-8,15,17,22H,4-5,9-14,16H2,1-3H3. The Bertz CT molecular complexity index is 589. The van der Waals surface area contributed by atoms with Gasteiger partial charge in [0.25, 0.3) is 5.91 Å². The molecule has 144 valence electrons. The first-order valence-electron chi connectivity index (χ1n) is 9.96. The highest BCUT2D eigenvalue weighted by molar-refractivity contribution is 5.95. The molecule has 1 aromatic rings. The second-order valence-electron chi connectivity index (χ2n) is 7.29. The van der Waals surface area contributed by atoms with E-state index < -0.39 is 0 Å². The van der Waals surface area contributed by atoms with Crippen LogP contribution in [0.25, 0.3) is 0 Å². The minimum Gasteiger partial charge on any atom is -0.376 e. The monoisotopic (exact) mass is 359 g/mol. The molecule has 0 radical (unpaired) electrons. The van der Waals surface area contributed by atoms with E-state index in [4.69, 9.17) is 0 Å². The van der Waals surface area contributed by atoms with Gasteiger partial charge >= 0.3 is 0 Å². The van der Waals surface area contributed by atoms with Crippen LogP contribution >= 0.6 is 0 Å². The van der Waals surface area contributed by atoms with Gasteiger partial charge in [-0.25, -0.2) is 0 Å². The van der Waals surface area contributed by atoms with Crippen molar-refractivity contribution < 1.29 is 9.59 Å². The highest BCUT2D eigenvalue weighted by Gasteiger charge is 2.20. The zero-order valence-electron chi connectivity index (χ0n) is 16.5.